The van der Waals surface area contributed by atoms with Gasteiger partial charge in [0.15, 0.2) is 0 Å². The first-order valence-electron chi connectivity index (χ1n) is 9.07. The Bertz CT molecular complexity index is 619. The highest BCUT2D eigenvalue weighted by atomic mass is 16.5. The Morgan fingerprint density at radius 3 is 2.71 bits per heavy atom. The highest BCUT2D eigenvalue weighted by Gasteiger charge is 2.08. The van der Waals surface area contributed by atoms with Crippen LogP contribution in [-0.2, 0) is 6.42 Å². The maximum Gasteiger partial charge on any atom is 0.127 e. The molecule has 0 atom stereocenters. The van der Waals surface area contributed by atoms with E-state index in [1.165, 1.54) is 50.1 Å². The molecule has 2 aromatic carbocycles. The van der Waals surface area contributed by atoms with E-state index in [4.69, 9.17) is 4.74 Å². The van der Waals surface area contributed by atoms with Crippen LogP contribution in [0.2, 0.25) is 0 Å². The zero-order valence-electron chi connectivity index (χ0n) is 14.6. The quantitative estimate of drug-likeness (QED) is 0.869. The fraction of sp³-hybridized carbons (Fsp3) is 0.429. The van der Waals surface area contributed by atoms with Crippen LogP contribution in [-0.4, -0.2) is 37.6 Å². The summed E-state index contributed by atoms with van der Waals surface area (Å²) in [6, 6.07) is 16.4. The molecule has 1 saturated heterocycles. The van der Waals surface area contributed by atoms with Gasteiger partial charge in [-0.3, -0.25) is 0 Å². The molecule has 128 valence electrons. The van der Waals surface area contributed by atoms with E-state index in [0.717, 1.165) is 24.5 Å². The molecule has 3 heteroatoms. The van der Waals surface area contributed by atoms with Gasteiger partial charge in [-0.25, -0.2) is 0 Å². The predicted octanol–water partition coefficient (Wildman–Crippen LogP) is 4.02. The van der Waals surface area contributed by atoms with Crippen molar-refractivity contribution in [1.29, 1.82) is 0 Å². The fourth-order valence-corrected chi connectivity index (χ4v) is 3.26. The maximum atomic E-state index is 5.91. The Morgan fingerprint density at radius 2 is 1.88 bits per heavy atom. The average molecular weight is 324 g/mol. The van der Waals surface area contributed by atoms with E-state index in [2.05, 4.69) is 35.3 Å². The number of para-hydroxylation sites is 1. The number of benzene rings is 2. The molecule has 1 aliphatic rings. The first-order chi connectivity index (χ1) is 11.8. The van der Waals surface area contributed by atoms with Crippen molar-refractivity contribution < 1.29 is 4.74 Å². The molecular formula is C21H28N2O. The third-order valence-electron chi connectivity index (χ3n) is 4.65. The lowest BCUT2D eigenvalue weighted by Crippen LogP contribution is -2.29. The molecule has 1 N–H and O–H groups in total. The Kier molecular flexibility index (Phi) is 6.27. The summed E-state index contributed by atoms with van der Waals surface area (Å²) < 4.78 is 5.91. The number of nitrogens with one attached hydrogen (secondary N) is 1. The van der Waals surface area contributed by atoms with Gasteiger partial charge in [-0.05, 0) is 81.2 Å². The van der Waals surface area contributed by atoms with Crippen LogP contribution in [0, 0.1) is 6.92 Å². The minimum absolute atomic E-state index is 0.888. The summed E-state index contributed by atoms with van der Waals surface area (Å²) in [6.45, 7) is 8.09. The van der Waals surface area contributed by atoms with Crippen LogP contribution in [0.1, 0.15) is 24.0 Å². The predicted molar refractivity (Wildman–Crippen MR) is 99.9 cm³/mol. The molecule has 24 heavy (non-hydrogen) atoms. The molecule has 0 aromatic heterocycles. The highest BCUT2D eigenvalue weighted by Crippen LogP contribution is 2.24. The number of aryl methyl sites for hydroxylation is 2. The Labute approximate surface area is 145 Å². The third-order valence-corrected chi connectivity index (χ3v) is 4.65. The summed E-state index contributed by atoms with van der Waals surface area (Å²) in [5.41, 5.74) is 2.75. The Balaban J connectivity index is 1.51. The Hall–Kier alpha value is -1.84. The second-order valence-electron chi connectivity index (χ2n) is 6.55. The molecule has 0 radical (unpaired) electrons. The van der Waals surface area contributed by atoms with Crippen LogP contribution in [0.25, 0.3) is 0 Å². The molecule has 1 fully saturated rings. The number of hydrogen-bond donors (Lipinski definition) is 1. The summed E-state index contributed by atoms with van der Waals surface area (Å²) in [5, 5.41) is 3.47. The van der Waals surface area contributed by atoms with E-state index in [1.54, 1.807) is 0 Å². The summed E-state index contributed by atoms with van der Waals surface area (Å²) in [5.74, 6) is 1.81. The van der Waals surface area contributed by atoms with Crippen molar-refractivity contribution in [1.82, 2.24) is 10.2 Å². The first kappa shape index (κ1) is 17.0. The van der Waals surface area contributed by atoms with Crippen LogP contribution in [0.4, 0.5) is 0 Å². The van der Waals surface area contributed by atoms with E-state index in [1.807, 2.05) is 30.3 Å². The fourth-order valence-electron chi connectivity index (χ4n) is 3.26. The van der Waals surface area contributed by atoms with Crippen LogP contribution in [0.3, 0.4) is 0 Å². The molecule has 1 aliphatic heterocycles. The molecule has 3 nitrogen and oxygen atoms in total. The molecule has 0 spiro atoms. The second kappa shape index (κ2) is 8.86. The van der Waals surface area contributed by atoms with E-state index in [-0.39, 0.29) is 0 Å². The van der Waals surface area contributed by atoms with Gasteiger partial charge < -0.3 is 15.0 Å². The number of nitrogens with zero attached hydrogens (tertiary/aromatic N) is 1. The van der Waals surface area contributed by atoms with Crippen molar-refractivity contribution in [2.75, 3.05) is 32.7 Å². The maximum absolute atomic E-state index is 5.91. The topological polar surface area (TPSA) is 24.5 Å². The SMILES string of the molecule is Cc1cc(Oc2ccccc2)ccc1CCCN1CCCNCC1. The molecular weight excluding hydrogens is 296 g/mol. The molecule has 2 aromatic rings. The van der Waals surface area contributed by atoms with Gasteiger partial charge >= 0.3 is 0 Å². The highest BCUT2D eigenvalue weighted by molar-refractivity contribution is 5.37. The minimum atomic E-state index is 0.888. The van der Waals surface area contributed by atoms with E-state index in [0.29, 0.717) is 0 Å². The van der Waals surface area contributed by atoms with Gasteiger partial charge in [0.25, 0.3) is 0 Å². The molecule has 1 heterocycles. The van der Waals surface area contributed by atoms with Gasteiger partial charge in [0.1, 0.15) is 11.5 Å². The van der Waals surface area contributed by atoms with Crippen LogP contribution >= 0.6 is 0 Å². The first-order valence-corrected chi connectivity index (χ1v) is 9.07. The van der Waals surface area contributed by atoms with Gasteiger partial charge in [-0.1, -0.05) is 24.3 Å². The standard InChI is InChI=1S/C21H28N2O/c1-18-17-21(24-20-8-3-2-4-9-20)11-10-19(18)7-5-14-23-15-6-12-22-13-16-23/h2-4,8-11,17,22H,5-7,12-16H2,1H3. The lowest BCUT2D eigenvalue weighted by atomic mass is 10.0. The van der Waals surface area contributed by atoms with Crippen LogP contribution < -0.4 is 10.1 Å². The van der Waals surface area contributed by atoms with Gasteiger partial charge in [0.2, 0.25) is 0 Å². The molecule has 3 rings (SSSR count). The number of rotatable bonds is 6. The normalized spacial score (nSPS) is 15.9. The summed E-state index contributed by atoms with van der Waals surface area (Å²) in [4.78, 5) is 2.59. The summed E-state index contributed by atoms with van der Waals surface area (Å²) >= 11 is 0. The van der Waals surface area contributed by atoms with Crippen molar-refractivity contribution in [3.8, 4) is 11.5 Å². The van der Waals surface area contributed by atoms with Gasteiger partial charge in [-0.15, -0.1) is 0 Å². The summed E-state index contributed by atoms with van der Waals surface area (Å²) in [6.07, 6.45) is 3.63. The minimum Gasteiger partial charge on any atom is -0.457 e. The van der Waals surface area contributed by atoms with Gasteiger partial charge in [0, 0.05) is 13.1 Å². The number of hydrogen-bond acceptors (Lipinski definition) is 3. The zero-order chi connectivity index (χ0) is 16.6. The average Bonchev–Trinajstić information content (AvgIpc) is 2.87. The molecule has 0 saturated carbocycles. The van der Waals surface area contributed by atoms with Crippen molar-refractivity contribution in [3.63, 3.8) is 0 Å². The van der Waals surface area contributed by atoms with Crippen molar-refractivity contribution in [2.24, 2.45) is 0 Å². The lowest BCUT2D eigenvalue weighted by Gasteiger charge is -2.19. The molecule has 0 bridgehead atoms. The van der Waals surface area contributed by atoms with E-state index < -0.39 is 0 Å². The molecule has 0 unspecified atom stereocenters. The van der Waals surface area contributed by atoms with Crippen molar-refractivity contribution >= 4 is 0 Å². The van der Waals surface area contributed by atoms with Crippen LogP contribution in [0.5, 0.6) is 11.5 Å². The largest absolute Gasteiger partial charge is 0.457 e. The van der Waals surface area contributed by atoms with Gasteiger partial charge in [0.05, 0.1) is 0 Å². The van der Waals surface area contributed by atoms with E-state index >= 15 is 0 Å². The number of ether oxygens (including phenoxy) is 1. The zero-order valence-corrected chi connectivity index (χ0v) is 14.6. The molecule has 0 aliphatic carbocycles. The second-order valence-corrected chi connectivity index (χ2v) is 6.55. The molecule has 0 amide bonds. The monoisotopic (exact) mass is 324 g/mol. The van der Waals surface area contributed by atoms with Gasteiger partial charge in [-0.2, -0.15) is 0 Å². The third kappa shape index (κ3) is 5.08. The van der Waals surface area contributed by atoms with Crippen LogP contribution in [0.15, 0.2) is 48.5 Å². The Morgan fingerprint density at radius 1 is 1.00 bits per heavy atom. The smallest absolute Gasteiger partial charge is 0.127 e. The lowest BCUT2D eigenvalue weighted by molar-refractivity contribution is 0.289. The van der Waals surface area contributed by atoms with Crippen molar-refractivity contribution in [2.45, 2.75) is 26.2 Å². The summed E-state index contributed by atoms with van der Waals surface area (Å²) in [7, 11) is 0. The van der Waals surface area contributed by atoms with Crippen molar-refractivity contribution in [3.05, 3.63) is 59.7 Å². The van der Waals surface area contributed by atoms with E-state index in [9.17, 15) is 0 Å².